The summed E-state index contributed by atoms with van der Waals surface area (Å²) < 4.78 is 24.3. The molecule has 1 atom stereocenters. The maximum absolute atomic E-state index is 12.1. The molecule has 1 aromatic carbocycles. The van der Waals surface area contributed by atoms with Gasteiger partial charge in [-0.15, -0.1) is 0 Å². The van der Waals surface area contributed by atoms with Gasteiger partial charge in [-0.25, -0.2) is 13.6 Å². The molecule has 3 rings (SSSR count). The molecule has 1 amide bonds. The minimum Gasteiger partial charge on any atom is -0.351 e. The molecule has 0 aliphatic carbocycles. The van der Waals surface area contributed by atoms with E-state index in [-0.39, 0.29) is 24.0 Å². The SMILES string of the molecule is Cn1ccc2cc(N3CC(CS(N)(=O)=O)CC3=O)ccc21. The van der Waals surface area contributed by atoms with Crippen LogP contribution in [0.25, 0.3) is 10.9 Å². The lowest BCUT2D eigenvalue weighted by atomic mass is 10.1. The van der Waals surface area contributed by atoms with Gasteiger partial charge in [-0.3, -0.25) is 4.79 Å². The zero-order valence-electron chi connectivity index (χ0n) is 11.7. The third-order valence-electron chi connectivity index (χ3n) is 3.85. The average molecular weight is 307 g/mol. The van der Waals surface area contributed by atoms with Crippen LogP contribution < -0.4 is 10.0 Å². The number of carbonyl (C=O) groups is 1. The number of hydrogen-bond donors (Lipinski definition) is 1. The van der Waals surface area contributed by atoms with E-state index in [9.17, 15) is 13.2 Å². The maximum atomic E-state index is 12.1. The quantitative estimate of drug-likeness (QED) is 0.911. The Balaban J connectivity index is 1.87. The van der Waals surface area contributed by atoms with Gasteiger partial charge in [-0.05, 0) is 24.3 Å². The van der Waals surface area contributed by atoms with Crippen LogP contribution in [-0.2, 0) is 21.9 Å². The third-order valence-corrected chi connectivity index (χ3v) is 4.79. The molecule has 0 spiro atoms. The van der Waals surface area contributed by atoms with Crippen molar-refractivity contribution in [2.45, 2.75) is 6.42 Å². The average Bonchev–Trinajstić information content (AvgIpc) is 2.91. The monoisotopic (exact) mass is 307 g/mol. The molecule has 1 aliphatic rings. The number of amides is 1. The molecular formula is C14H17N3O3S. The minimum absolute atomic E-state index is 0.0565. The lowest BCUT2D eigenvalue weighted by Crippen LogP contribution is -2.27. The predicted octanol–water partition coefficient (Wildman–Crippen LogP) is 0.820. The summed E-state index contributed by atoms with van der Waals surface area (Å²) in [6, 6.07) is 7.79. The molecule has 1 saturated heterocycles. The number of fused-ring (bicyclic) bond motifs is 1. The first kappa shape index (κ1) is 14.1. The van der Waals surface area contributed by atoms with Gasteiger partial charge in [0, 0.05) is 48.7 Å². The largest absolute Gasteiger partial charge is 0.351 e. The van der Waals surface area contributed by atoms with E-state index in [1.165, 1.54) is 0 Å². The predicted molar refractivity (Wildman–Crippen MR) is 81.4 cm³/mol. The number of nitrogens with two attached hydrogens (primary N) is 1. The second-order valence-corrected chi connectivity index (χ2v) is 7.23. The highest BCUT2D eigenvalue weighted by Crippen LogP contribution is 2.28. The fourth-order valence-corrected chi connectivity index (χ4v) is 3.79. The van der Waals surface area contributed by atoms with Gasteiger partial charge in [-0.1, -0.05) is 0 Å². The maximum Gasteiger partial charge on any atom is 0.227 e. The molecule has 1 fully saturated rings. The Morgan fingerprint density at radius 3 is 2.81 bits per heavy atom. The van der Waals surface area contributed by atoms with E-state index in [2.05, 4.69) is 0 Å². The molecule has 112 valence electrons. The number of nitrogens with zero attached hydrogens (tertiary/aromatic N) is 2. The summed E-state index contributed by atoms with van der Waals surface area (Å²) in [5, 5.41) is 6.12. The number of sulfonamides is 1. The zero-order valence-corrected chi connectivity index (χ0v) is 12.5. The molecule has 2 heterocycles. The van der Waals surface area contributed by atoms with E-state index in [0.717, 1.165) is 16.6 Å². The molecule has 1 aromatic heterocycles. The third kappa shape index (κ3) is 2.79. The van der Waals surface area contributed by atoms with Crippen LogP contribution in [0.15, 0.2) is 30.5 Å². The van der Waals surface area contributed by atoms with Crippen LogP contribution in [-0.4, -0.2) is 31.2 Å². The van der Waals surface area contributed by atoms with Crippen LogP contribution in [0.4, 0.5) is 5.69 Å². The molecule has 2 N–H and O–H groups in total. The fourth-order valence-electron chi connectivity index (χ4n) is 2.91. The van der Waals surface area contributed by atoms with E-state index >= 15 is 0 Å². The van der Waals surface area contributed by atoms with Gasteiger partial charge in [0.15, 0.2) is 0 Å². The first-order valence-electron chi connectivity index (χ1n) is 6.69. The highest BCUT2D eigenvalue weighted by molar-refractivity contribution is 7.89. The van der Waals surface area contributed by atoms with Gasteiger partial charge in [0.2, 0.25) is 15.9 Å². The standard InChI is InChI=1S/C14H17N3O3S/c1-16-5-4-11-7-12(2-3-13(11)16)17-8-10(6-14(17)18)9-21(15,19)20/h2-5,7,10H,6,8-9H2,1H3,(H2,15,19,20). The van der Waals surface area contributed by atoms with Crippen molar-refractivity contribution in [1.82, 2.24) is 4.57 Å². The Morgan fingerprint density at radius 2 is 2.10 bits per heavy atom. The van der Waals surface area contributed by atoms with E-state index in [1.807, 2.05) is 42.1 Å². The molecular weight excluding hydrogens is 290 g/mol. The van der Waals surface area contributed by atoms with Gasteiger partial charge in [-0.2, -0.15) is 0 Å². The second kappa shape index (κ2) is 4.85. The number of carbonyl (C=O) groups excluding carboxylic acids is 1. The highest BCUT2D eigenvalue weighted by Gasteiger charge is 2.32. The van der Waals surface area contributed by atoms with E-state index in [4.69, 9.17) is 5.14 Å². The van der Waals surface area contributed by atoms with E-state index in [0.29, 0.717) is 6.54 Å². The number of primary sulfonamides is 1. The van der Waals surface area contributed by atoms with Crippen LogP contribution in [0.3, 0.4) is 0 Å². The molecule has 1 aliphatic heterocycles. The molecule has 0 bridgehead atoms. The van der Waals surface area contributed by atoms with Crippen molar-refractivity contribution in [2.75, 3.05) is 17.2 Å². The first-order valence-corrected chi connectivity index (χ1v) is 8.41. The Bertz CT molecular complexity index is 810. The van der Waals surface area contributed by atoms with Gasteiger partial charge >= 0.3 is 0 Å². The molecule has 0 saturated carbocycles. The normalized spacial score (nSPS) is 19.6. The van der Waals surface area contributed by atoms with Crippen LogP contribution >= 0.6 is 0 Å². The number of aromatic nitrogens is 1. The summed E-state index contributed by atoms with van der Waals surface area (Å²) in [7, 11) is -1.59. The number of benzene rings is 1. The van der Waals surface area contributed by atoms with Crippen molar-refractivity contribution in [1.29, 1.82) is 0 Å². The van der Waals surface area contributed by atoms with E-state index < -0.39 is 10.0 Å². The summed E-state index contributed by atoms with van der Waals surface area (Å²) in [5.41, 5.74) is 1.89. The Kier molecular flexibility index (Phi) is 3.26. The first-order chi connectivity index (χ1) is 9.83. The second-order valence-electron chi connectivity index (χ2n) is 5.57. The Hall–Kier alpha value is -1.86. The van der Waals surface area contributed by atoms with Gasteiger partial charge < -0.3 is 9.47 Å². The summed E-state index contributed by atoms with van der Waals surface area (Å²) in [6.07, 6.45) is 2.19. The van der Waals surface area contributed by atoms with Gasteiger partial charge in [0.25, 0.3) is 0 Å². The van der Waals surface area contributed by atoms with Crippen molar-refractivity contribution in [3.05, 3.63) is 30.5 Å². The number of rotatable bonds is 3. The summed E-state index contributed by atoms with van der Waals surface area (Å²) in [6.45, 7) is 0.396. The molecule has 21 heavy (non-hydrogen) atoms. The number of anilines is 1. The van der Waals surface area contributed by atoms with Crippen molar-refractivity contribution >= 4 is 32.5 Å². The van der Waals surface area contributed by atoms with Crippen LogP contribution in [0, 0.1) is 5.92 Å². The molecule has 1 unspecified atom stereocenters. The Morgan fingerprint density at radius 1 is 1.33 bits per heavy atom. The summed E-state index contributed by atoms with van der Waals surface area (Å²) in [5.74, 6) is -0.444. The zero-order chi connectivity index (χ0) is 15.2. The molecule has 2 aromatic rings. The summed E-state index contributed by atoms with van der Waals surface area (Å²) in [4.78, 5) is 13.7. The van der Waals surface area contributed by atoms with Crippen LogP contribution in [0.2, 0.25) is 0 Å². The highest BCUT2D eigenvalue weighted by atomic mass is 32.2. The van der Waals surface area contributed by atoms with Crippen molar-refractivity contribution in [3.63, 3.8) is 0 Å². The molecule has 7 heteroatoms. The molecule has 0 radical (unpaired) electrons. The smallest absolute Gasteiger partial charge is 0.227 e. The molecule has 6 nitrogen and oxygen atoms in total. The fraction of sp³-hybridized carbons (Fsp3) is 0.357. The Labute approximate surface area is 123 Å². The van der Waals surface area contributed by atoms with E-state index in [1.54, 1.807) is 4.90 Å². The van der Waals surface area contributed by atoms with Crippen molar-refractivity contribution < 1.29 is 13.2 Å². The topological polar surface area (TPSA) is 85.4 Å². The minimum atomic E-state index is -3.55. The van der Waals surface area contributed by atoms with Gasteiger partial charge in [0.05, 0.1) is 5.75 Å². The van der Waals surface area contributed by atoms with Gasteiger partial charge in [0.1, 0.15) is 0 Å². The van der Waals surface area contributed by atoms with Crippen LogP contribution in [0.1, 0.15) is 6.42 Å². The lowest BCUT2D eigenvalue weighted by molar-refractivity contribution is -0.117. The van der Waals surface area contributed by atoms with Crippen LogP contribution in [0.5, 0.6) is 0 Å². The number of hydrogen-bond acceptors (Lipinski definition) is 3. The lowest BCUT2D eigenvalue weighted by Gasteiger charge is -2.17. The summed E-state index contributed by atoms with van der Waals surface area (Å²) >= 11 is 0. The van der Waals surface area contributed by atoms with Crippen molar-refractivity contribution in [3.8, 4) is 0 Å². The van der Waals surface area contributed by atoms with Crippen molar-refractivity contribution in [2.24, 2.45) is 18.1 Å². The number of aryl methyl sites for hydroxylation is 1.